The van der Waals surface area contributed by atoms with E-state index in [0.29, 0.717) is 5.56 Å². The Morgan fingerprint density at radius 3 is 2.57 bits per heavy atom. The van der Waals surface area contributed by atoms with Gasteiger partial charge < -0.3 is 9.64 Å². The van der Waals surface area contributed by atoms with Gasteiger partial charge in [0.15, 0.2) is 11.6 Å². The number of benzene rings is 1. The zero-order valence-electron chi connectivity index (χ0n) is 13.3. The molecule has 1 fully saturated rings. The molecule has 124 valence electrons. The number of nitrogens with one attached hydrogen (secondary N) is 1. The normalized spacial score (nSPS) is 16.4. The molecule has 0 saturated carbocycles. The molecule has 1 saturated heterocycles. The van der Waals surface area contributed by atoms with Crippen LogP contribution in [0.25, 0.3) is 0 Å². The summed E-state index contributed by atoms with van der Waals surface area (Å²) >= 11 is 0. The van der Waals surface area contributed by atoms with E-state index in [0.717, 1.165) is 12.1 Å². The quantitative estimate of drug-likeness (QED) is 0.928. The Labute approximate surface area is 133 Å². The van der Waals surface area contributed by atoms with Crippen molar-refractivity contribution in [1.29, 1.82) is 5.26 Å². The second kappa shape index (κ2) is 6.13. The van der Waals surface area contributed by atoms with Gasteiger partial charge in [-0.3, -0.25) is 5.32 Å². The molecule has 23 heavy (non-hydrogen) atoms. The van der Waals surface area contributed by atoms with Crippen LogP contribution in [0.5, 0.6) is 0 Å². The highest BCUT2D eigenvalue weighted by Gasteiger charge is 2.46. The molecule has 0 aromatic heterocycles. The summed E-state index contributed by atoms with van der Waals surface area (Å²) in [6.45, 7) is 5.87. The smallest absolute Gasteiger partial charge is 0.410 e. The maximum Gasteiger partial charge on any atom is 0.410 e. The van der Waals surface area contributed by atoms with Crippen molar-refractivity contribution in [1.82, 2.24) is 10.2 Å². The number of nitrogens with zero attached hydrogens (tertiary/aromatic N) is 2. The second-order valence-corrected chi connectivity index (χ2v) is 6.63. The van der Waals surface area contributed by atoms with Gasteiger partial charge in [-0.05, 0) is 38.5 Å². The summed E-state index contributed by atoms with van der Waals surface area (Å²) in [7, 11) is 0. The van der Waals surface area contributed by atoms with Crippen molar-refractivity contribution in [2.24, 2.45) is 0 Å². The van der Waals surface area contributed by atoms with Crippen LogP contribution in [-0.4, -0.2) is 35.2 Å². The SMILES string of the molecule is CC(C)(C)OC(=O)N1CC(C#N)(NCc2ccc(F)c(F)c2)C1. The molecule has 0 aliphatic carbocycles. The lowest BCUT2D eigenvalue weighted by Crippen LogP contribution is -2.69. The first-order valence-corrected chi connectivity index (χ1v) is 7.22. The fourth-order valence-corrected chi connectivity index (χ4v) is 2.20. The van der Waals surface area contributed by atoms with Crippen LogP contribution in [0.1, 0.15) is 26.3 Å². The predicted octanol–water partition coefficient (Wildman–Crippen LogP) is 2.57. The van der Waals surface area contributed by atoms with Crippen molar-refractivity contribution in [3.05, 3.63) is 35.4 Å². The Morgan fingerprint density at radius 2 is 2.04 bits per heavy atom. The van der Waals surface area contributed by atoms with E-state index >= 15 is 0 Å². The van der Waals surface area contributed by atoms with Gasteiger partial charge in [0, 0.05) is 6.54 Å². The molecule has 1 N–H and O–H groups in total. The molecule has 0 radical (unpaired) electrons. The van der Waals surface area contributed by atoms with E-state index in [1.54, 1.807) is 20.8 Å². The molecule has 0 bridgehead atoms. The third-order valence-electron chi connectivity index (χ3n) is 3.40. The summed E-state index contributed by atoms with van der Waals surface area (Å²) in [6, 6.07) is 5.70. The van der Waals surface area contributed by atoms with Crippen molar-refractivity contribution >= 4 is 6.09 Å². The van der Waals surface area contributed by atoms with Gasteiger partial charge in [-0.25, -0.2) is 13.6 Å². The van der Waals surface area contributed by atoms with Crippen LogP contribution in [0, 0.1) is 23.0 Å². The minimum atomic E-state index is -0.931. The minimum absolute atomic E-state index is 0.183. The number of halogens is 2. The van der Waals surface area contributed by atoms with Gasteiger partial charge in [-0.15, -0.1) is 0 Å². The van der Waals surface area contributed by atoms with E-state index in [9.17, 15) is 18.8 Å². The van der Waals surface area contributed by atoms with E-state index in [2.05, 4.69) is 11.4 Å². The maximum absolute atomic E-state index is 13.2. The molecular weight excluding hydrogens is 304 g/mol. The van der Waals surface area contributed by atoms with Gasteiger partial charge in [0.2, 0.25) is 0 Å². The first-order chi connectivity index (χ1) is 10.6. The average molecular weight is 323 g/mol. The van der Waals surface area contributed by atoms with Gasteiger partial charge in [0.1, 0.15) is 11.1 Å². The first kappa shape index (κ1) is 17.2. The van der Waals surface area contributed by atoms with Crippen molar-refractivity contribution in [3.63, 3.8) is 0 Å². The largest absolute Gasteiger partial charge is 0.444 e. The highest BCUT2D eigenvalue weighted by molar-refractivity contribution is 5.70. The molecule has 1 aromatic rings. The molecule has 5 nitrogen and oxygen atoms in total. The number of hydrogen-bond acceptors (Lipinski definition) is 4. The standard InChI is InChI=1S/C16H19F2N3O2/c1-15(2,3)23-14(22)21-9-16(8-19,10-21)20-7-11-4-5-12(17)13(18)6-11/h4-6,20H,7,9-10H2,1-3H3. The van der Waals surface area contributed by atoms with Gasteiger partial charge in [-0.2, -0.15) is 5.26 Å². The Kier molecular flexibility index (Phi) is 4.57. The number of hydrogen-bond donors (Lipinski definition) is 1. The summed E-state index contributed by atoms with van der Waals surface area (Å²) in [5, 5.41) is 12.3. The summed E-state index contributed by atoms with van der Waals surface area (Å²) in [6.07, 6.45) is -0.474. The summed E-state index contributed by atoms with van der Waals surface area (Å²) in [4.78, 5) is 13.3. The molecule has 0 unspecified atom stereocenters. The second-order valence-electron chi connectivity index (χ2n) is 6.63. The van der Waals surface area contributed by atoms with E-state index < -0.39 is 28.9 Å². The Hall–Kier alpha value is -2.20. The molecule has 1 aliphatic heterocycles. The predicted molar refractivity (Wildman–Crippen MR) is 79.3 cm³/mol. The number of carbonyl (C=O) groups excluding carboxylic acids is 1. The lowest BCUT2D eigenvalue weighted by molar-refractivity contribution is -0.00518. The summed E-state index contributed by atoms with van der Waals surface area (Å²) in [5.74, 6) is -1.84. The molecule has 2 rings (SSSR count). The van der Waals surface area contributed by atoms with Crippen molar-refractivity contribution in [2.75, 3.05) is 13.1 Å². The number of nitriles is 1. The van der Waals surface area contributed by atoms with Gasteiger partial charge >= 0.3 is 6.09 Å². The molecule has 7 heteroatoms. The lowest BCUT2D eigenvalue weighted by Gasteiger charge is -2.45. The minimum Gasteiger partial charge on any atom is -0.444 e. The number of carbonyl (C=O) groups is 1. The lowest BCUT2D eigenvalue weighted by atomic mass is 9.91. The number of ether oxygens (including phenoxy) is 1. The Balaban J connectivity index is 1.91. The zero-order chi connectivity index (χ0) is 17.3. The molecule has 1 amide bonds. The first-order valence-electron chi connectivity index (χ1n) is 7.22. The molecule has 1 aromatic carbocycles. The van der Waals surface area contributed by atoms with Gasteiger partial charge in [0.25, 0.3) is 0 Å². The van der Waals surface area contributed by atoms with Crippen LogP contribution in [0.15, 0.2) is 18.2 Å². The Morgan fingerprint density at radius 1 is 1.39 bits per heavy atom. The van der Waals surface area contributed by atoms with Crippen LogP contribution in [-0.2, 0) is 11.3 Å². The average Bonchev–Trinajstić information content (AvgIpc) is 2.39. The van der Waals surface area contributed by atoms with E-state index in [1.807, 2.05) is 0 Å². The maximum atomic E-state index is 13.2. The van der Waals surface area contributed by atoms with Crippen LogP contribution < -0.4 is 5.32 Å². The molecule has 0 spiro atoms. The molecule has 1 heterocycles. The van der Waals surface area contributed by atoms with Crippen LogP contribution in [0.3, 0.4) is 0 Å². The molecular formula is C16H19F2N3O2. The topological polar surface area (TPSA) is 65.4 Å². The molecule has 0 atom stereocenters. The summed E-state index contributed by atoms with van der Waals surface area (Å²) in [5.41, 5.74) is -0.975. The highest BCUT2D eigenvalue weighted by atomic mass is 19.2. The van der Waals surface area contributed by atoms with E-state index in [-0.39, 0.29) is 19.6 Å². The number of amides is 1. The number of likely N-dealkylation sites (tertiary alicyclic amines) is 1. The third kappa shape index (κ3) is 4.17. The third-order valence-corrected chi connectivity index (χ3v) is 3.40. The van der Waals surface area contributed by atoms with Crippen LogP contribution in [0.2, 0.25) is 0 Å². The van der Waals surface area contributed by atoms with Crippen molar-refractivity contribution in [2.45, 2.75) is 38.5 Å². The summed E-state index contributed by atoms with van der Waals surface area (Å²) < 4.78 is 31.3. The van der Waals surface area contributed by atoms with Crippen molar-refractivity contribution < 1.29 is 18.3 Å². The monoisotopic (exact) mass is 323 g/mol. The van der Waals surface area contributed by atoms with Gasteiger partial charge in [-0.1, -0.05) is 6.07 Å². The van der Waals surface area contributed by atoms with Crippen LogP contribution in [0.4, 0.5) is 13.6 Å². The van der Waals surface area contributed by atoms with E-state index in [4.69, 9.17) is 4.74 Å². The van der Waals surface area contributed by atoms with Crippen molar-refractivity contribution in [3.8, 4) is 6.07 Å². The zero-order valence-corrected chi connectivity index (χ0v) is 13.3. The highest BCUT2D eigenvalue weighted by Crippen LogP contribution is 2.23. The molecule has 1 aliphatic rings. The Bertz CT molecular complexity index is 644. The van der Waals surface area contributed by atoms with Gasteiger partial charge in [0.05, 0.1) is 19.2 Å². The van der Waals surface area contributed by atoms with Crippen LogP contribution >= 0.6 is 0 Å². The van der Waals surface area contributed by atoms with E-state index in [1.165, 1.54) is 11.0 Å². The fraction of sp³-hybridized carbons (Fsp3) is 0.500. The fourth-order valence-electron chi connectivity index (χ4n) is 2.20. The number of rotatable bonds is 3.